The Labute approximate surface area is 157 Å². The Kier molecular flexibility index (Phi) is 5.92. The fraction of sp³-hybridized carbons (Fsp3) is 0.176. The molecule has 0 bridgehead atoms. The lowest BCUT2D eigenvalue weighted by Gasteiger charge is -2.14. The van der Waals surface area contributed by atoms with Gasteiger partial charge in [-0.2, -0.15) is 5.26 Å². The number of nitrogens with one attached hydrogen (secondary N) is 1. The highest BCUT2D eigenvalue weighted by Crippen LogP contribution is 2.37. The number of halogens is 3. The van der Waals surface area contributed by atoms with Crippen LogP contribution < -0.4 is 10.1 Å². The predicted molar refractivity (Wildman–Crippen MR) is 91.5 cm³/mol. The summed E-state index contributed by atoms with van der Waals surface area (Å²) in [7, 11) is 2.18. The summed E-state index contributed by atoms with van der Waals surface area (Å²) in [6, 6.07) is 3.47. The summed E-state index contributed by atoms with van der Waals surface area (Å²) in [5.74, 6) is -4.33. The van der Waals surface area contributed by atoms with Crippen molar-refractivity contribution in [2.24, 2.45) is 0 Å². The quantitative estimate of drug-likeness (QED) is 0.797. The minimum absolute atomic E-state index is 0.100. The highest BCUT2D eigenvalue weighted by atomic mass is 35.5. The molecule has 27 heavy (non-hydrogen) atoms. The van der Waals surface area contributed by atoms with Gasteiger partial charge >= 0.3 is 5.97 Å². The van der Waals surface area contributed by atoms with Crippen LogP contribution in [-0.4, -0.2) is 31.1 Å². The largest absolute Gasteiger partial charge is 0.492 e. The molecule has 0 radical (unpaired) electrons. The number of carbonyl (C=O) groups excluding carboxylic acids is 2. The van der Waals surface area contributed by atoms with Crippen molar-refractivity contribution in [1.82, 2.24) is 4.98 Å². The van der Waals surface area contributed by atoms with Crippen molar-refractivity contribution in [2.75, 3.05) is 19.5 Å². The van der Waals surface area contributed by atoms with E-state index in [4.69, 9.17) is 21.6 Å². The van der Waals surface area contributed by atoms with Crippen LogP contribution in [0, 0.1) is 23.0 Å². The number of aromatic nitrogens is 1. The number of ether oxygens (including phenoxy) is 2. The third-order valence-electron chi connectivity index (χ3n) is 3.40. The molecular weight excluding hydrogens is 384 g/mol. The monoisotopic (exact) mass is 395 g/mol. The fourth-order valence-corrected chi connectivity index (χ4v) is 2.51. The second-order valence-electron chi connectivity index (χ2n) is 5.13. The number of amides is 1. The average Bonchev–Trinajstić information content (AvgIpc) is 2.62. The molecule has 1 amide bonds. The van der Waals surface area contributed by atoms with E-state index in [0.29, 0.717) is 0 Å². The molecule has 10 heteroatoms. The van der Waals surface area contributed by atoms with Gasteiger partial charge in [-0.25, -0.2) is 18.6 Å². The summed E-state index contributed by atoms with van der Waals surface area (Å²) < 4.78 is 38.6. The Hall–Kier alpha value is -3.25. The molecule has 1 N–H and O–H groups in total. The SMILES string of the molecule is COC(=O)c1nc(-c2c(F)cc(C#N)c(OC)c2F)cc(NC(C)=O)c1Cl. The van der Waals surface area contributed by atoms with Gasteiger partial charge in [-0.15, -0.1) is 0 Å². The van der Waals surface area contributed by atoms with E-state index in [-0.39, 0.29) is 22.0 Å². The Bertz CT molecular complexity index is 989. The number of esters is 1. The summed E-state index contributed by atoms with van der Waals surface area (Å²) in [5, 5.41) is 11.1. The Morgan fingerprint density at radius 2 is 1.96 bits per heavy atom. The molecule has 1 heterocycles. The van der Waals surface area contributed by atoms with Gasteiger partial charge < -0.3 is 14.8 Å². The van der Waals surface area contributed by atoms with Crippen molar-refractivity contribution in [1.29, 1.82) is 5.26 Å². The summed E-state index contributed by atoms with van der Waals surface area (Å²) in [6.45, 7) is 1.18. The molecule has 1 aromatic heterocycles. The van der Waals surface area contributed by atoms with Gasteiger partial charge in [-0.1, -0.05) is 11.6 Å². The lowest BCUT2D eigenvalue weighted by molar-refractivity contribution is -0.114. The number of carbonyl (C=O) groups is 2. The first-order valence-corrected chi connectivity index (χ1v) is 7.65. The number of hydrogen-bond donors (Lipinski definition) is 1. The number of benzene rings is 1. The standard InChI is InChI=1S/C17H12ClF2N3O4/c1-7(24)22-11-5-10(23-15(13(11)18)17(25)27-3)12-9(19)4-8(6-21)16(26-2)14(12)20/h4-5H,1-3H3,(H,22,23,24). The molecule has 0 atom stereocenters. The number of anilines is 1. The van der Waals surface area contributed by atoms with E-state index in [2.05, 4.69) is 15.0 Å². The van der Waals surface area contributed by atoms with Gasteiger partial charge in [-0.05, 0) is 12.1 Å². The zero-order valence-corrected chi connectivity index (χ0v) is 15.1. The van der Waals surface area contributed by atoms with E-state index in [0.717, 1.165) is 26.4 Å². The highest BCUT2D eigenvalue weighted by molar-refractivity contribution is 6.36. The average molecular weight is 396 g/mol. The van der Waals surface area contributed by atoms with Gasteiger partial charge in [0, 0.05) is 6.92 Å². The minimum Gasteiger partial charge on any atom is -0.492 e. The van der Waals surface area contributed by atoms with E-state index in [1.807, 2.05) is 0 Å². The van der Waals surface area contributed by atoms with Crippen LogP contribution >= 0.6 is 11.6 Å². The molecule has 0 saturated heterocycles. The van der Waals surface area contributed by atoms with Crippen LogP contribution in [0.1, 0.15) is 23.0 Å². The number of pyridine rings is 1. The van der Waals surface area contributed by atoms with Crippen molar-refractivity contribution in [2.45, 2.75) is 6.92 Å². The molecule has 0 fully saturated rings. The number of hydrogen-bond acceptors (Lipinski definition) is 6. The minimum atomic E-state index is -1.20. The summed E-state index contributed by atoms with van der Waals surface area (Å²) >= 11 is 6.04. The zero-order valence-electron chi connectivity index (χ0n) is 14.3. The third-order valence-corrected chi connectivity index (χ3v) is 3.78. The first kappa shape index (κ1) is 20.1. The summed E-state index contributed by atoms with van der Waals surface area (Å²) in [4.78, 5) is 27.1. The molecule has 0 unspecified atom stereocenters. The van der Waals surface area contributed by atoms with Crippen molar-refractivity contribution in [3.63, 3.8) is 0 Å². The molecule has 0 saturated carbocycles. The van der Waals surface area contributed by atoms with Crippen molar-refractivity contribution >= 4 is 29.2 Å². The van der Waals surface area contributed by atoms with Crippen molar-refractivity contribution in [3.05, 3.63) is 40.0 Å². The van der Waals surface area contributed by atoms with Gasteiger partial charge in [0.25, 0.3) is 0 Å². The fourth-order valence-electron chi connectivity index (χ4n) is 2.29. The molecule has 0 aliphatic rings. The van der Waals surface area contributed by atoms with Crippen LogP contribution in [-0.2, 0) is 9.53 Å². The second kappa shape index (κ2) is 7.97. The third kappa shape index (κ3) is 3.80. The van der Waals surface area contributed by atoms with Crippen LogP contribution in [0.25, 0.3) is 11.3 Å². The van der Waals surface area contributed by atoms with E-state index >= 15 is 0 Å². The van der Waals surface area contributed by atoms with Crippen molar-refractivity contribution < 1.29 is 27.8 Å². The number of methoxy groups -OCH3 is 2. The zero-order chi connectivity index (χ0) is 20.3. The summed E-state index contributed by atoms with van der Waals surface area (Å²) in [6.07, 6.45) is 0. The first-order valence-electron chi connectivity index (χ1n) is 7.28. The van der Waals surface area contributed by atoms with Crippen LogP contribution in [0.5, 0.6) is 5.75 Å². The van der Waals surface area contributed by atoms with Crippen LogP contribution in [0.3, 0.4) is 0 Å². The van der Waals surface area contributed by atoms with Crippen LogP contribution in [0.15, 0.2) is 12.1 Å². The van der Waals surface area contributed by atoms with E-state index < -0.39 is 40.5 Å². The summed E-state index contributed by atoms with van der Waals surface area (Å²) in [5.41, 5.74) is -1.94. The number of rotatable bonds is 4. The molecule has 2 aromatic rings. The van der Waals surface area contributed by atoms with E-state index in [9.17, 15) is 18.4 Å². The molecule has 140 valence electrons. The second-order valence-corrected chi connectivity index (χ2v) is 5.51. The van der Waals surface area contributed by atoms with Gasteiger partial charge in [0.05, 0.1) is 41.8 Å². The molecule has 0 aliphatic heterocycles. The first-order chi connectivity index (χ1) is 12.7. The number of nitriles is 1. The molecular formula is C17H12ClF2N3O4. The predicted octanol–water partition coefficient (Wildman–Crippen LogP) is 3.31. The van der Waals surface area contributed by atoms with Crippen LogP contribution in [0.4, 0.5) is 14.5 Å². The van der Waals surface area contributed by atoms with Gasteiger partial charge in [0.1, 0.15) is 11.9 Å². The van der Waals surface area contributed by atoms with E-state index in [1.54, 1.807) is 6.07 Å². The maximum Gasteiger partial charge on any atom is 0.358 e. The Morgan fingerprint density at radius 1 is 1.30 bits per heavy atom. The van der Waals surface area contributed by atoms with E-state index in [1.165, 1.54) is 6.92 Å². The van der Waals surface area contributed by atoms with Gasteiger partial charge in [0.15, 0.2) is 17.3 Å². The van der Waals surface area contributed by atoms with Gasteiger partial charge in [0.2, 0.25) is 5.91 Å². The van der Waals surface area contributed by atoms with Gasteiger partial charge in [-0.3, -0.25) is 4.79 Å². The molecule has 2 rings (SSSR count). The lowest BCUT2D eigenvalue weighted by atomic mass is 10.0. The van der Waals surface area contributed by atoms with Crippen molar-refractivity contribution in [3.8, 4) is 23.1 Å². The highest BCUT2D eigenvalue weighted by Gasteiger charge is 2.25. The molecule has 0 aliphatic carbocycles. The van der Waals surface area contributed by atoms with Crippen LogP contribution in [0.2, 0.25) is 5.02 Å². The Morgan fingerprint density at radius 3 is 2.48 bits per heavy atom. The number of nitrogens with zero attached hydrogens (tertiary/aromatic N) is 2. The molecule has 0 spiro atoms. The topological polar surface area (TPSA) is 101 Å². The lowest BCUT2D eigenvalue weighted by Crippen LogP contribution is -2.12. The maximum absolute atomic E-state index is 14.8. The molecule has 1 aromatic carbocycles. The maximum atomic E-state index is 14.8. The normalized spacial score (nSPS) is 10.1. The molecule has 7 nitrogen and oxygen atoms in total. The smallest absolute Gasteiger partial charge is 0.358 e. The Balaban J connectivity index is 2.85.